The van der Waals surface area contributed by atoms with E-state index >= 15 is 0 Å². The van der Waals surface area contributed by atoms with Crippen LogP contribution in [0.1, 0.15) is 20.3 Å². The van der Waals surface area contributed by atoms with Gasteiger partial charge in [0.05, 0.1) is 27.3 Å². The van der Waals surface area contributed by atoms with Crippen molar-refractivity contribution >= 4 is 7.37 Å². The molecule has 0 amide bonds. The van der Waals surface area contributed by atoms with E-state index in [0.717, 1.165) is 6.42 Å². The molecule has 0 aromatic heterocycles. The van der Waals surface area contributed by atoms with Crippen LogP contribution < -0.4 is 24.0 Å². The third-order valence-corrected chi connectivity index (χ3v) is 4.87. The lowest BCUT2D eigenvalue weighted by molar-refractivity contribution is -0.900. The Hall–Kier alpha value is 0.840. The van der Waals surface area contributed by atoms with E-state index < -0.39 is 13.5 Å². The van der Waals surface area contributed by atoms with Crippen LogP contribution in [0.25, 0.3) is 0 Å². The Morgan fingerprint density at radius 3 is 2.00 bits per heavy atom. The first-order chi connectivity index (χ1) is 7.49. The van der Waals surface area contributed by atoms with Crippen LogP contribution in [0.4, 0.5) is 0 Å². The third-order valence-electron chi connectivity index (χ3n) is 3.06. The second-order valence-corrected chi connectivity index (χ2v) is 9.02. The van der Waals surface area contributed by atoms with Crippen molar-refractivity contribution in [3.8, 4) is 0 Å². The molecule has 0 aliphatic rings. The molecule has 0 fully saturated rings. The third kappa shape index (κ3) is 8.10. The summed E-state index contributed by atoms with van der Waals surface area (Å²) in [6.07, 6.45) is 0.554. The van der Waals surface area contributed by atoms with Crippen LogP contribution in [0.3, 0.4) is 0 Å². The Labute approximate surface area is 129 Å². The van der Waals surface area contributed by atoms with Gasteiger partial charge in [0.15, 0.2) is 0 Å². The molecule has 1 unspecified atom stereocenters. The SMILES string of the molecule is COP(C)(=O)C[C@H](O)[C@H](CC(C)C)[N+](C)(C)C.[I-]. The van der Waals surface area contributed by atoms with Crippen molar-refractivity contribution < 1.29 is 42.7 Å². The Kier molecular flexibility index (Phi) is 9.63. The van der Waals surface area contributed by atoms with E-state index in [1.165, 1.54) is 7.11 Å². The van der Waals surface area contributed by atoms with Gasteiger partial charge in [-0.25, -0.2) is 0 Å². The van der Waals surface area contributed by atoms with Gasteiger partial charge in [-0.15, -0.1) is 0 Å². The monoisotopic (exact) mass is 393 g/mol. The number of aliphatic hydroxyl groups is 1. The van der Waals surface area contributed by atoms with Crippen LogP contribution in [0.15, 0.2) is 0 Å². The minimum Gasteiger partial charge on any atom is -1.00 e. The fourth-order valence-electron chi connectivity index (χ4n) is 2.01. The van der Waals surface area contributed by atoms with Crippen molar-refractivity contribution in [3.05, 3.63) is 0 Å². The summed E-state index contributed by atoms with van der Waals surface area (Å²) in [5.74, 6) is 0.505. The lowest BCUT2D eigenvalue weighted by Crippen LogP contribution is -3.00. The maximum absolute atomic E-state index is 11.9. The molecular formula is C12H29INO3P. The van der Waals surface area contributed by atoms with Crippen molar-refractivity contribution in [2.75, 3.05) is 41.1 Å². The lowest BCUT2D eigenvalue weighted by Gasteiger charge is -2.38. The number of likely N-dealkylation sites (N-methyl/N-ethyl adjacent to an activating group) is 1. The highest BCUT2D eigenvalue weighted by Crippen LogP contribution is 2.43. The fourth-order valence-corrected chi connectivity index (χ4v) is 3.08. The first kappa shape index (κ1) is 21.1. The molecule has 0 aromatic rings. The van der Waals surface area contributed by atoms with Gasteiger partial charge in [-0.1, -0.05) is 13.8 Å². The molecule has 0 aliphatic heterocycles. The van der Waals surface area contributed by atoms with E-state index in [1.54, 1.807) is 6.66 Å². The molecule has 0 bridgehead atoms. The number of quaternary nitrogens is 1. The van der Waals surface area contributed by atoms with Gasteiger partial charge in [0.2, 0.25) is 7.37 Å². The van der Waals surface area contributed by atoms with Crippen molar-refractivity contribution in [2.24, 2.45) is 5.92 Å². The molecule has 0 rings (SSSR count). The molecule has 112 valence electrons. The van der Waals surface area contributed by atoms with E-state index in [2.05, 4.69) is 35.0 Å². The molecule has 0 spiro atoms. The first-order valence-electron chi connectivity index (χ1n) is 6.11. The van der Waals surface area contributed by atoms with E-state index in [1.807, 2.05) is 0 Å². The zero-order chi connectivity index (χ0) is 13.9. The second kappa shape index (κ2) is 8.20. The fraction of sp³-hybridized carbons (Fsp3) is 1.00. The van der Waals surface area contributed by atoms with Gasteiger partial charge < -0.3 is 38.1 Å². The van der Waals surface area contributed by atoms with Gasteiger partial charge in [-0.05, 0) is 5.92 Å². The summed E-state index contributed by atoms with van der Waals surface area (Å²) < 4.78 is 17.6. The van der Waals surface area contributed by atoms with E-state index in [0.29, 0.717) is 10.4 Å². The van der Waals surface area contributed by atoms with Crippen molar-refractivity contribution in [1.82, 2.24) is 0 Å². The number of halogens is 1. The van der Waals surface area contributed by atoms with Crippen molar-refractivity contribution in [1.29, 1.82) is 0 Å². The summed E-state index contributed by atoms with van der Waals surface area (Å²) in [6.45, 7) is 5.85. The number of nitrogens with zero attached hydrogens (tertiary/aromatic N) is 1. The van der Waals surface area contributed by atoms with Gasteiger partial charge in [0, 0.05) is 20.2 Å². The molecule has 1 N–H and O–H groups in total. The molecule has 0 aliphatic carbocycles. The van der Waals surface area contributed by atoms with Crippen LogP contribution in [0.5, 0.6) is 0 Å². The zero-order valence-electron chi connectivity index (χ0n) is 12.7. The Morgan fingerprint density at radius 2 is 1.72 bits per heavy atom. The summed E-state index contributed by atoms with van der Waals surface area (Å²) in [7, 11) is 4.96. The molecule has 4 nitrogen and oxygen atoms in total. The van der Waals surface area contributed by atoms with E-state index in [4.69, 9.17) is 4.52 Å². The predicted octanol–water partition coefficient (Wildman–Crippen LogP) is -0.973. The molecule has 0 saturated carbocycles. The smallest absolute Gasteiger partial charge is 0.202 e. The molecule has 0 aromatic carbocycles. The first-order valence-corrected chi connectivity index (χ1v) is 8.36. The number of hydrogen-bond acceptors (Lipinski definition) is 3. The topological polar surface area (TPSA) is 46.5 Å². The predicted molar refractivity (Wildman–Crippen MR) is 72.7 cm³/mol. The van der Waals surface area contributed by atoms with E-state index in [-0.39, 0.29) is 36.2 Å². The summed E-state index contributed by atoms with van der Waals surface area (Å²) in [6, 6.07) is 0.0819. The minimum absolute atomic E-state index is 0. The normalized spacial score (nSPS) is 18.9. The Balaban J connectivity index is 0. The second-order valence-electron chi connectivity index (χ2n) is 6.26. The van der Waals surface area contributed by atoms with Crippen LogP contribution in [-0.4, -0.2) is 62.8 Å². The highest BCUT2D eigenvalue weighted by atomic mass is 127. The molecule has 0 saturated heterocycles. The quantitative estimate of drug-likeness (QED) is 0.344. The number of aliphatic hydroxyl groups excluding tert-OH is 1. The number of rotatable bonds is 7. The molecule has 6 heteroatoms. The van der Waals surface area contributed by atoms with Gasteiger partial charge in [0.1, 0.15) is 12.1 Å². The standard InChI is InChI=1S/C12H29NO3P.HI/c1-10(2)8-11(13(3,4)5)12(14)9-17(7,15)16-6;/h10-12,14H,8-9H2,1-7H3;1H/q+1;/p-1/t11-,12-,17?;/m0./s1. The Bertz CT molecular complexity index is 279. The summed E-state index contributed by atoms with van der Waals surface area (Å²) in [5, 5.41) is 10.3. The molecular weight excluding hydrogens is 364 g/mol. The van der Waals surface area contributed by atoms with Gasteiger partial charge in [0.25, 0.3) is 0 Å². The van der Waals surface area contributed by atoms with E-state index in [9.17, 15) is 9.67 Å². The Morgan fingerprint density at radius 1 is 1.28 bits per heavy atom. The largest absolute Gasteiger partial charge is 1.00 e. The van der Waals surface area contributed by atoms with Crippen LogP contribution in [-0.2, 0) is 9.09 Å². The summed E-state index contributed by atoms with van der Waals surface area (Å²) in [5.41, 5.74) is 0. The molecule has 0 heterocycles. The number of hydrogen-bond donors (Lipinski definition) is 1. The summed E-state index contributed by atoms with van der Waals surface area (Å²) in [4.78, 5) is 0. The maximum Gasteiger partial charge on any atom is 0.202 e. The van der Waals surface area contributed by atoms with Crippen molar-refractivity contribution in [2.45, 2.75) is 32.4 Å². The van der Waals surface area contributed by atoms with Crippen LogP contribution in [0, 0.1) is 5.92 Å². The van der Waals surface area contributed by atoms with Crippen LogP contribution >= 0.6 is 7.37 Å². The van der Waals surface area contributed by atoms with Gasteiger partial charge in [-0.2, -0.15) is 0 Å². The van der Waals surface area contributed by atoms with Crippen LogP contribution in [0.2, 0.25) is 0 Å². The summed E-state index contributed by atoms with van der Waals surface area (Å²) >= 11 is 0. The highest BCUT2D eigenvalue weighted by molar-refractivity contribution is 7.58. The minimum atomic E-state index is -2.66. The zero-order valence-corrected chi connectivity index (χ0v) is 15.7. The average Bonchev–Trinajstić information content (AvgIpc) is 2.11. The molecule has 18 heavy (non-hydrogen) atoms. The van der Waals surface area contributed by atoms with Crippen molar-refractivity contribution in [3.63, 3.8) is 0 Å². The van der Waals surface area contributed by atoms with Gasteiger partial charge >= 0.3 is 0 Å². The lowest BCUT2D eigenvalue weighted by atomic mass is 9.97. The maximum atomic E-state index is 11.9. The molecule has 3 atom stereocenters. The average molecular weight is 393 g/mol. The highest BCUT2D eigenvalue weighted by Gasteiger charge is 2.35. The molecule has 0 radical (unpaired) electrons. The van der Waals surface area contributed by atoms with Gasteiger partial charge in [-0.3, -0.25) is 4.57 Å².